The van der Waals surface area contributed by atoms with Crippen LogP contribution in [0.15, 0.2) is 46.9 Å². The lowest BCUT2D eigenvalue weighted by Crippen LogP contribution is -2.16. The Morgan fingerprint density at radius 2 is 1.83 bits per heavy atom. The minimum absolute atomic E-state index is 0.225. The molecule has 0 atom stereocenters. The molecular weight excluding hydrogens is 295 g/mol. The molecule has 0 fully saturated rings. The molecule has 2 rings (SSSR count). The molecule has 0 saturated heterocycles. The SMILES string of the molecule is CN(Cc1cccc(N)c1Br)c1ccc(F)cc1. The van der Waals surface area contributed by atoms with E-state index >= 15 is 0 Å². The lowest BCUT2D eigenvalue weighted by atomic mass is 10.2. The second-order valence-corrected chi connectivity index (χ2v) is 4.95. The summed E-state index contributed by atoms with van der Waals surface area (Å²) in [5.41, 5.74) is 8.62. The molecule has 2 nitrogen and oxygen atoms in total. The maximum absolute atomic E-state index is 12.9. The van der Waals surface area contributed by atoms with Crippen molar-refractivity contribution in [3.63, 3.8) is 0 Å². The number of nitrogen functional groups attached to an aromatic ring is 1. The number of nitrogens with zero attached hydrogens (tertiary/aromatic N) is 1. The van der Waals surface area contributed by atoms with Gasteiger partial charge in [-0.15, -0.1) is 0 Å². The number of nitrogens with two attached hydrogens (primary N) is 1. The van der Waals surface area contributed by atoms with Crippen molar-refractivity contribution >= 4 is 27.3 Å². The van der Waals surface area contributed by atoms with Crippen molar-refractivity contribution in [3.05, 3.63) is 58.3 Å². The molecule has 94 valence electrons. The van der Waals surface area contributed by atoms with Gasteiger partial charge in [0.15, 0.2) is 0 Å². The fraction of sp³-hybridized carbons (Fsp3) is 0.143. The van der Waals surface area contributed by atoms with Crippen LogP contribution < -0.4 is 10.6 Å². The van der Waals surface area contributed by atoms with Crippen LogP contribution in [0.5, 0.6) is 0 Å². The van der Waals surface area contributed by atoms with Crippen LogP contribution >= 0.6 is 15.9 Å². The molecule has 0 spiro atoms. The zero-order chi connectivity index (χ0) is 13.1. The minimum Gasteiger partial charge on any atom is -0.398 e. The number of benzene rings is 2. The van der Waals surface area contributed by atoms with Gasteiger partial charge < -0.3 is 10.6 Å². The molecule has 2 aromatic carbocycles. The third kappa shape index (κ3) is 2.82. The molecule has 0 saturated carbocycles. The molecule has 2 N–H and O–H groups in total. The first kappa shape index (κ1) is 12.9. The second kappa shape index (κ2) is 5.40. The van der Waals surface area contributed by atoms with Crippen LogP contribution in [0.25, 0.3) is 0 Å². The van der Waals surface area contributed by atoms with Crippen molar-refractivity contribution in [2.75, 3.05) is 17.7 Å². The summed E-state index contributed by atoms with van der Waals surface area (Å²) in [6, 6.07) is 12.2. The van der Waals surface area contributed by atoms with Crippen LogP contribution in [-0.4, -0.2) is 7.05 Å². The maximum atomic E-state index is 12.9. The van der Waals surface area contributed by atoms with Crippen molar-refractivity contribution in [1.29, 1.82) is 0 Å². The average Bonchev–Trinajstić information content (AvgIpc) is 2.36. The smallest absolute Gasteiger partial charge is 0.123 e. The highest BCUT2D eigenvalue weighted by Crippen LogP contribution is 2.26. The van der Waals surface area contributed by atoms with Crippen LogP contribution in [0.2, 0.25) is 0 Å². The van der Waals surface area contributed by atoms with Gasteiger partial charge in [0, 0.05) is 29.4 Å². The third-order valence-corrected chi connectivity index (χ3v) is 3.75. The summed E-state index contributed by atoms with van der Waals surface area (Å²) in [4.78, 5) is 2.04. The minimum atomic E-state index is -0.225. The number of anilines is 2. The van der Waals surface area contributed by atoms with E-state index in [1.165, 1.54) is 12.1 Å². The van der Waals surface area contributed by atoms with E-state index in [4.69, 9.17) is 5.73 Å². The summed E-state index contributed by atoms with van der Waals surface area (Å²) in [5, 5.41) is 0. The Bertz CT molecular complexity index is 540. The molecular formula is C14H14BrFN2. The highest BCUT2D eigenvalue weighted by Gasteiger charge is 2.07. The molecule has 0 heterocycles. The molecule has 0 aromatic heterocycles. The first-order chi connectivity index (χ1) is 8.58. The summed E-state index contributed by atoms with van der Waals surface area (Å²) in [6.45, 7) is 0.706. The predicted molar refractivity (Wildman–Crippen MR) is 77.1 cm³/mol. The van der Waals surface area contributed by atoms with E-state index in [0.717, 1.165) is 21.4 Å². The topological polar surface area (TPSA) is 29.3 Å². The molecule has 0 bridgehead atoms. The van der Waals surface area contributed by atoms with Gasteiger partial charge in [0.2, 0.25) is 0 Å². The van der Waals surface area contributed by atoms with Crippen molar-refractivity contribution in [1.82, 2.24) is 0 Å². The van der Waals surface area contributed by atoms with Crippen LogP contribution in [0.4, 0.5) is 15.8 Å². The second-order valence-electron chi connectivity index (χ2n) is 4.15. The highest BCUT2D eigenvalue weighted by molar-refractivity contribution is 9.10. The number of hydrogen-bond acceptors (Lipinski definition) is 2. The summed E-state index contributed by atoms with van der Waals surface area (Å²) >= 11 is 3.48. The predicted octanol–water partition coefficient (Wildman–Crippen LogP) is 3.81. The normalized spacial score (nSPS) is 10.4. The van der Waals surface area contributed by atoms with Crippen molar-refractivity contribution in [2.45, 2.75) is 6.54 Å². The van der Waals surface area contributed by atoms with Crippen molar-refractivity contribution < 1.29 is 4.39 Å². The zero-order valence-corrected chi connectivity index (χ0v) is 11.6. The van der Waals surface area contributed by atoms with E-state index in [0.29, 0.717) is 6.54 Å². The first-order valence-electron chi connectivity index (χ1n) is 5.57. The van der Waals surface area contributed by atoms with Gasteiger partial charge >= 0.3 is 0 Å². The van der Waals surface area contributed by atoms with Crippen LogP contribution in [-0.2, 0) is 6.54 Å². The van der Waals surface area contributed by atoms with Crippen LogP contribution in [0.1, 0.15) is 5.56 Å². The van der Waals surface area contributed by atoms with Gasteiger partial charge in [0.05, 0.1) is 0 Å². The lowest BCUT2D eigenvalue weighted by molar-refractivity contribution is 0.627. The fourth-order valence-corrected chi connectivity index (χ4v) is 2.15. The van der Waals surface area contributed by atoms with E-state index in [1.54, 1.807) is 12.1 Å². The number of hydrogen-bond donors (Lipinski definition) is 1. The first-order valence-corrected chi connectivity index (χ1v) is 6.37. The maximum Gasteiger partial charge on any atom is 0.123 e. The van der Waals surface area contributed by atoms with Crippen molar-refractivity contribution in [3.8, 4) is 0 Å². The summed E-state index contributed by atoms with van der Waals surface area (Å²) < 4.78 is 13.8. The third-order valence-electron chi connectivity index (χ3n) is 2.78. The number of rotatable bonds is 3. The Hall–Kier alpha value is -1.55. The summed E-state index contributed by atoms with van der Waals surface area (Å²) in [6.07, 6.45) is 0. The van der Waals surface area contributed by atoms with Gasteiger partial charge in [-0.1, -0.05) is 12.1 Å². The molecule has 0 amide bonds. The average molecular weight is 309 g/mol. The molecule has 18 heavy (non-hydrogen) atoms. The van der Waals surface area contributed by atoms with E-state index < -0.39 is 0 Å². The van der Waals surface area contributed by atoms with Gasteiger partial charge in [0.1, 0.15) is 5.82 Å². The Morgan fingerprint density at radius 1 is 1.17 bits per heavy atom. The van der Waals surface area contributed by atoms with Gasteiger partial charge in [-0.2, -0.15) is 0 Å². The van der Waals surface area contributed by atoms with E-state index in [1.807, 2.05) is 30.1 Å². The Morgan fingerprint density at radius 3 is 2.50 bits per heavy atom. The molecule has 0 aliphatic heterocycles. The highest BCUT2D eigenvalue weighted by atomic mass is 79.9. The Balaban J connectivity index is 2.18. The quantitative estimate of drug-likeness (QED) is 0.874. The molecule has 4 heteroatoms. The summed E-state index contributed by atoms with van der Waals surface area (Å²) in [5.74, 6) is -0.225. The van der Waals surface area contributed by atoms with Crippen molar-refractivity contribution in [2.24, 2.45) is 0 Å². The van der Waals surface area contributed by atoms with Gasteiger partial charge in [-0.05, 0) is 51.8 Å². The van der Waals surface area contributed by atoms with E-state index in [2.05, 4.69) is 15.9 Å². The Labute approximate surface area is 114 Å². The van der Waals surface area contributed by atoms with Gasteiger partial charge in [0.25, 0.3) is 0 Å². The zero-order valence-electron chi connectivity index (χ0n) is 10.0. The molecule has 0 radical (unpaired) electrons. The monoisotopic (exact) mass is 308 g/mol. The van der Waals surface area contributed by atoms with E-state index in [-0.39, 0.29) is 5.82 Å². The molecule has 0 aliphatic carbocycles. The fourth-order valence-electron chi connectivity index (χ4n) is 1.76. The van der Waals surface area contributed by atoms with Crippen LogP contribution in [0.3, 0.4) is 0 Å². The van der Waals surface area contributed by atoms with Gasteiger partial charge in [-0.3, -0.25) is 0 Å². The standard InChI is InChI=1S/C14H14BrFN2/c1-18(12-7-5-11(16)6-8-12)9-10-3-2-4-13(17)14(10)15/h2-8H,9,17H2,1H3. The summed E-state index contributed by atoms with van der Waals surface area (Å²) in [7, 11) is 1.96. The largest absolute Gasteiger partial charge is 0.398 e. The molecule has 0 unspecified atom stereocenters. The molecule has 0 aliphatic rings. The Kier molecular flexibility index (Phi) is 3.87. The van der Waals surface area contributed by atoms with Crippen LogP contribution in [0, 0.1) is 5.82 Å². The molecule has 2 aromatic rings. The van der Waals surface area contributed by atoms with E-state index in [9.17, 15) is 4.39 Å². The number of halogens is 2. The lowest BCUT2D eigenvalue weighted by Gasteiger charge is -2.20. The van der Waals surface area contributed by atoms with Gasteiger partial charge in [-0.25, -0.2) is 4.39 Å².